The van der Waals surface area contributed by atoms with Crippen LogP contribution < -0.4 is 5.32 Å². The number of aliphatic hydroxyl groups excluding tert-OH is 1. The Morgan fingerprint density at radius 3 is 2.56 bits per heavy atom. The van der Waals surface area contributed by atoms with Gasteiger partial charge in [0.1, 0.15) is 0 Å². The molecule has 0 aliphatic rings. The van der Waals surface area contributed by atoms with E-state index in [0.29, 0.717) is 12.0 Å². The summed E-state index contributed by atoms with van der Waals surface area (Å²) < 4.78 is 0.876. The Morgan fingerprint density at radius 2 is 2.06 bits per heavy atom. The lowest BCUT2D eigenvalue weighted by Crippen LogP contribution is -2.34. The number of anilines is 1. The molecule has 0 saturated heterocycles. The second-order valence-electron chi connectivity index (χ2n) is 5.42. The van der Waals surface area contributed by atoms with Gasteiger partial charge in [-0.1, -0.05) is 36.7 Å². The summed E-state index contributed by atoms with van der Waals surface area (Å²) in [6, 6.07) is 7.83. The number of nitrogens with one attached hydrogen (secondary N) is 1. The Bertz CT molecular complexity index is 446. The summed E-state index contributed by atoms with van der Waals surface area (Å²) in [5.41, 5.74) is 1.55. The highest BCUT2D eigenvalue weighted by molar-refractivity contribution is 9.10. The summed E-state index contributed by atoms with van der Waals surface area (Å²) >= 11 is 3.39. The highest BCUT2D eigenvalue weighted by atomic mass is 79.9. The molecule has 0 saturated carbocycles. The van der Waals surface area contributed by atoms with Crippen molar-refractivity contribution in [1.29, 1.82) is 5.26 Å². The van der Waals surface area contributed by atoms with Crippen molar-refractivity contribution in [2.75, 3.05) is 11.9 Å². The third kappa shape index (κ3) is 4.32. The molecule has 0 heterocycles. The minimum Gasteiger partial charge on any atom is -0.396 e. The van der Waals surface area contributed by atoms with Crippen LogP contribution in [0.3, 0.4) is 0 Å². The summed E-state index contributed by atoms with van der Waals surface area (Å²) in [4.78, 5) is 0. The van der Waals surface area contributed by atoms with E-state index in [2.05, 4.69) is 48.1 Å². The maximum atomic E-state index is 9.13. The molecule has 3 nitrogen and oxygen atoms in total. The Morgan fingerprint density at radius 1 is 1.39 bits per heavy atom. The summed E-state index contributed by atoms with van der Waals surface area (Å²) in [5.74, 6) is 0. The first-order chi connectivity index (χ1) is 8.36. The zero-order valence-electron chi connectivity index (χ0n) is 11.0. The van der Waals surface area contributed by atoms with Crippen LogP contribution in [-0.4, -0.2) is 17.8 Å². The predicted molar refractivity (Wildman–Crippen MR) is 77.4 cm³/mol. The van der Waals surface area contributed by atoms with Crippen LogP contribution in [0.5, 0.6) is 0 Å². The molecule has 0 aliphatic heterocycles. The topological polar surface area (TPSA) is 56.0 Å². The van der Waals surface area contributed by atoms with Gasteiger partial charge in [0.15, 0.2) is 0 Å². The van der Waals surface area contributed by atoms with Gasteiger partial charge in [-0.3, -0.25) is 0 Å². The van der Waals surface area contributed by atoms with E-state index in [1.165, 1.54) is 0 Å². The van der Waals surface area contributed by atoms with Crippen LogP contribution in [-0.2, 0) is 0 Å². The van der Waals surface area contributed by atoms with Crippen LogP contribution in [0.25, 0.3) is 0 Å². The predicted octanol–water partition coefficient (Wildman–Crippen LogP) is 3.53. The van der Waals surface area contributed by atoms with Gasteiger partial charge < -0.3 is 10.4 Å². The molecule has 0 amide bonds. The van der Waals surface area contributed by atoms with Crippen molar-refractivity contribution in [3.63, 3.8) is 0 Å². The molecule has 0 aromatic heterocycles. The molecule has 0 spiro atoms. The minimum absolute atomic E-state index is 0.0395. The fourth-order valence-corrected chi connectivity index (χ4v) is 2.28. The molecule has 0 radical (unpaired) electrons. The van der Waals surface area contributed by atoms with Crippen LogP contribution in [0.4, 0.5) is 5.69 Å². The number of benzene rings is 1. The van der Waals surface area contributed by atoms with Crippen LogP contribution in [0.1, 0.15) is 32.8 Å². The van der Waals surface area contributed by atoms with Crippen molar-refractivity contribution < 1.29 is 5.11 Å². The van der Waals surface area contributed by atoms with Gasteiger partial charge in [0.2, 0.25) is 0 Å². The molecular formula is C14H19BrN2O. The first-order valence-corrected chi connectivity index (χ1v) is 6.74. The number of rotatable bonds is 4. The molecule has 1 unspecified atom stereocenters. The first-order valence-electron chi connectivity index (χ1n) is 5.95. The molecule has 1 atom stereocenters. The van der Waals surface area contributed by atoms with E-state index in [-0.39, 0.29) is 18.1 Å². The Balaban J connectivity index is 2.94. The summed E-state index contributed by atoms with van der Waals surface area (Å²) in [6.07, 6.45) is 0.678. The van der Waals surface area contributed by atoms with Crippen molar-refractivity contribution in [2.45, 2.75) is 33.2 Å². The van der Waals surface area contributed by atoms with E-state index in [4.69, 9.17) is 10.4 Å². The van der Waals surface area contributed by atoms with Gasteiger partial charge in [-0.2, -0.15) is 5.26 Å². The third-order valence-corrected chi connectivity index (χ3v) is 3.29. The standard InChI is InChI=1S/C14H19BrN2O/c1-14(2,3)13(4-5-18)17-12-7-10(9-16)6-11(15)8-12/h6-8,13,17-18H,4-5H2,1-3H3. The highest BCUT2D eigenvalue weighted by Crippen LogP contribution is 2.27. The van der Waals surface area contributed by atoms with E-state index in [1.54, 1.807) is 6.07 Å². The quantitative estimate of drug-likeness (QED) is 0.894. The number of nitriles is 1. The highest BCUT2D eigenvalue weighted by Gasteiger charge is 2.24. The average molecular weight is 311 g/mol. The molecule has 98 valence electrons. The van der Waals surface area contributed by atoms with Crippen LogP contribution in [0, 0.1) is 16.7 Å². The lowest BCUT2D eigenvalue weighted by atomic mass is 9.84. The Labute approximate surface area is 117 Å². The number of nitrogens with zero attached hydrogens (tertiary/aromatic N) is 1. The van der Waals surface area contributed by atoms with Crippen LogP contribution in [0.2, 0.25) is 0 Å². The van der Waals surface area contributed by atoms with E-state index >= 15 is 0 Å². The smallest absolute Gasteiger partial charge is 0.0992 e. The second-order valence-corrected chi connectivity index (χ2v) is 6.33. The summed E-state index contributed by atoms with van der Waals surface area (Å²) in [7, 11) is 0. The molecule has 0 fully saturated rings. The molecule has 18 heavy (non-hydrogen) atoms. The number of halogens is 1. The molecule has 0 aliphatic carbocycles. The van der Waals surface area contributed by atoms with E-state index in [9.17, 15) is 0 Å². The van der Waals surface area contributed by atoms with E-state index in [1.807, 2.05) is 12.1 Å². The van der Waals surface area contributed by atoms with Gasteiger partial charge in [0, 0.05) is 22.8 Å². The molecule has 1 aromatic rings. The van der Waals surface area contributed by atoms with Crippen molar-refractivity contribution in [3.8, 4) is 6.07 Å². The zero-order valence-corrected chi connectivity index (χ0v) is 12.6. The van der Waals surface area contributed by atoms with Gasteiger partial charge in [0.05, 0.1) is 11.6 Å². The zero-order chi connectivity index (χ0) is 13.8. The fraction of sp³-hybridized carbons (Fsp3) is 0.500. The number of hydrogen-bond donors (Lipinski definition) is 2. The maximum absolute atomic E-state index is 9.13. The minimum atomic E-state index is 0.0395. The summed E-state index contributed by atoms with van der Waals surface area (Å²) in [5, 5.41) is 21.5. The van der Waals surface area contributed by atoms with Crippen molar-refractivity contribution in [1.82, 2.24) is 0 Å². The molecule has 1 aromatic carbocycles. The van der Waals surface area contributed by atoms with Gasteiger partial charge in [0.25, 0.3) is 0 Å². The third-order valence-electron chi connectivity index (χ3n) is 2.83. The number of hydrogen-bond acceptors (Lipinski definition) is 3. The van der Waals surface area contributed by atoms with Crippen molar-refractivity contribution in [2.24, 2.45) is 5.41 Å². The maximum Gasteiger partial charge on any atom is 0.0992 e. The molecule has 4 heteroatoms. The SMILES string of the molecule is CC(C)(C)C(CCO)Nc1cc(Br)cc(C#N)c1. The van der Waals surface area contributed by atoms with Gasteiger partial charge in [-0.15, -0.1) is 0 Å². The van der Waals surface area contributed by atoms with Crippen LogP contribution in [0.15, 0.2) is 22.7 Å². The molecule has 1 rings (SSSR count). The summed E-state index contributed by atoms with van der Waals surface area (Å²) in [6.45, 7) is 6.53. The van der Waals surface area contributed by atoms with Gasteiger partial charge in [-0.25, -0.2) is 0 Å². The van der Waals surface area contributed by atoms with E-state index in [0.717, 1.165) is 10.2 Å². The molecular weight excluding hydrogens is 292 g/mol. The normalized spacial score (nSPS) is 12.9. The molecule has 2 N–H and O–H groups in total. The lowest BCUT2D eigenvalue weighted by Gasteiger charge is -2.32. The lowest BCUT2D eigenvalue weighted by molar-refractivity contribution is 0.235. The Kier molecular flexibility index (Phi) is 5.18. The van der Waals surface area contributed by atoms with Crippen molar-refractivity contribution in [3.05, 3.63) is 28.2 Å². The fourth-order valence-electron chi connectivity index (χ4n) is 1.79. The first kappa shape index (κ1) is 15.0. The largest absolute Gasteiger partial charge is 0.396 e. The number of aliphatic hydroxyl groups is 1. The molecule has 0 bridgehead atoms. The van der Waals surface area contributed by atoms with Crippen molar-refractivity contribution >= 4 is 21.6 Å². The van der Waals surface area contributed by atoms with Gasteiger partial charge >= 0.3 is 0 Å². The Hall–Kier alpha value is -1.05. The van der Waals surface area contributed by atoms with Gasteiger partial charge in [-0.05, 0) is 30.0 Å². The second kappa shape index (κ2) is 6.21. The average Bonchev–Trinajstić information content (AvgIpc) is 2.26. The monoisotopic (exact) mass is 310 g/mol. The van der Waals surface area contributed by atoms with E-state index < -0.39 is 0 Å². The van der Waals surface area contributed by atoms with Crippen LogP contribution >= 0.6 is 15.9 Å².